The molecule has 5 rings (SSSR count). The molecule has 1 heterocycles. The molecule has 0 radical (unpaired) electrons. The molecule has 0 saturated carbocycles. The molecule has 39 heavy (non-hydrogen) atoms. The topological polar surface area (TPSA) is 114 Å². The Morgan fingerprint density at radius 2 is 1.85 bits per heavy atom. The number of aliphatic hydroxyl groups is 1. The van der Waals surface area contributed by atoms with Crippen LogP contribution in [0.4, 0.5) is 0 Å². The molecule has 2 aromatic rings. The summed E-state index contributed by atoms with van der Waals surface area (Å²) in [5.74, 6) is -1.97. The van der Waals surface area contributed by atoms with Gasteiger partial charge in [-0.1, -0.05) is 36.4 Å². The van der Waals surface area contributed by atoms with Gasteiger partial charge in [0.15, 0.2) is 5.79 Å². The quantitative estimate of drug-likeness (QED) is 0.414. The number of esters is 1. The van der Waals surface area contributed by atoms with Crippen LogP contribution in [0.1, 0.15) is 33.5 Å². The fourth-order valence-electron chi connectivity index (χ4n) is 5.24. The summed E-state index contributed by atoms with van der Waals surface area (Å²) in [5.41, 5.74) is 3.69. The van der Waals surface area contributed by atoms with Crippen LogP contribution in [0.3, 0.4) is 0 Å². The lowest BCUT2D eigenvalue weighted by Gasteiger charge is -2.30. The SMILES string of the molecule is CN(C)C(=O)C=Cc1cccc(C(=O)OC2CC(C(=O)NCCO)=CC3OC4(Cc5ccccc5C4)OC32)c1. The number of aliphatic hydroxyl groups excluding tert-OH is 1. The summed E-state index contributed by atoms with van der Waals surface area (Å²) >= 11 is 0. The van der Waals surface area contributed by atoms with E-state index in [1.807, 2.05) is 24.3 Å². The molecular formula is C30H32N2O7. The molecule has 1 aliphatic heterocycles. The summed E-state index contributed by atoms with van der Waals surface area (Å²) in [6, 6.07) is 14.8. The van der Waals surface area contributed by atoms with E-state index in [1.54, 1.807) is 50.5 Å². The number of fused-ring (bicyclic) bond motifs is 2. The minimum Gasteiger partial charge on any atom is -0.456 e. The summed E-state index contributed by atoms with van der Waals surface area (Å²) in [5, 5.41) is 11.8. The van der Waals surface area contributed by atoms with Crippen molar-refractivity contribution in [2.24, 2.45) is 0 Å². The van der Waals surface area contributed by atoms with E-state index in [4.69, 9.17) is 19.3 Å². The molecule has 1 fully saturated rings. The van der Waals surface area contributed by atoms with Crippen molar-refractivity contribution in [1.29, 1.82) is 0 Å². The van der Waals surface area contributed by atoms with Gasteiger partial charge in [0.2, 0.25) is 11.8 Å². The summed E-state index contributed by atoms with van der Waals surface area (Å²) in [7, 11) is 3.32. The Morgan fingerprint density at radius 3 is 2.54 bits per heavy atom. The first-order chi connectivity index (χ1) is 18.8. The van der Waals surface area contributed by atoms with Gasteiger partial charge in [0.1, 0.15) is 18.3 Å². The Bertz CT molecular complexity index is 1310. The lowest BCUT2D eigenvalue weighted by molar-refractivity contribution is -0.172. The zero-order valence-electron chi connectivity index (χ0n) is 22.0. The van der Waals surface area contributed by atoms with Gasteiger partial charge in [-0.3, -0.25) is 9.59 Å². The monoisotopic (exact) mass is 532 g/mol. The molecule has 9 nitrogen and oxygen atoms in total. The first-order valence-corrected chi connectivity index (χ1v) is 13.0. The largest absolute Gasteiger partial charge is 0.456 e. The van der Waals surface area contributed by atoms with Crippen LogP contribution in [0.15, 0.2) is 66.3 Å². The smallest absolute Gasteiger partial charge is 0.338 e. The maximum absolute atomic E-state index is 13.3. The predicted octanol–water partition coefficient (Wildman–Crippen LogP) is 2.03. The van der Waals surface area contributed by atoms with Crippen molar-refractivity contribution >= 4 is 23.9 Å². The van der Waals surface area contributed by atoms with Crippen LogP contribution in [0.2, 0.25) is 0 Å². The highest BCUT2D eigenvalue weighted by Crippen LogP contribution is 2.45. The molecule has 3 aliphatic rings. The van der Waals surface area contributed by atoms with Gasteiger partial charge in [-0.25, -0.2) is 4.79 Å². The second-order valence-electron chi connectivity index (χ2n) is 10.2. The first kappa shape index (κ1) is 26.8. The van der Waals surface area contributed by atoms with E-state index in [1.165, 1.54) is 11.0 Å². The highest BCUT2D eigenvalue weighted by molar-refractivity contribution is 5.95. The third kappa shape index (κ3) is 5.80. The van der Waals surface area contributed by atoms with E-state index in [0.717, 1.165) is 11.1 Å². The van der Waals surface area contributed by atoms with E-state index in [2.05, 4.69) is 5.32 Å². The Morgan fingerprint density at radius 1 is 1.10 bits per heavy atom. The average Bonchev–Trinajstić information content (AvgIpc) is 3.48. The van der Waals surface area contributed by atoms with Crippen molar-refractivity contribution < 1.29 is 33.7 Å². The Kier molecular flexibility index (Phi) is 7.65. The normalized spacial score (nSPS) is 22.7. The van der Waals surface area contributed by atoms with E-state index in [0.29, 0.717) is 29.5 Å². The van der Waals surface area contributed by atoms with Crippen molar-refractivity contribution in [3.63, 3.8) is 0 Å². The summed E-state index contributed by atoms with van der Waals surface area (Å²) in [6.07, 6.45) is 4.16. The predicted molar refractivity (Wildman–Crippen MR) is 142 cm³/mol. The Labute approximate surface area is 227 Å². The van der Waals surface area contributed by atoms with E-state index < -0.39 is 30.1 Å². The molecule has 1 spiro atoms. The van der Waals surface area contributed by atoms with Gasteiger partial charge in [-0.15, -0.1) is 0 Å². The number of carbonyl (C=O) groups is 3. The molecule has 2 amide bonds. The van der Waals surface area contributed by atoms with Crippen LogP contribution in [-0.2, 0) is 36.6 Å². The van der Waals surface area contributed by atoms with Crippen LogP contribution < -0.4 is 5.32 Å². The molecule has 0 bridgehead atoms. The van der Waals surface area contributed by atoms with Gasteiger partial charge >= 0.3 is 5.97 Å². The summed E-state index contributed by atoms with van der Waals surface area (Å²) in [6.45, 7) is -0.0721. The second kappa shape index (κ2) is 11.1. The van der Waals surface area contributed by atoms with Crippen molar-refractivity contribution in [1.82, 2.24) is 10.2 Å². The molecular weight excluding hydrogens is 500 g/mol. The van der Waals surface area contributed by atoms with Crippen LogP contribution in [-0.4, -0.2) is 79.1 Å². The number of carbonyl (C=O) groups excluding carboxylic acids is 3. The van der Waals surface area contributed by atoms with Gasteiger partial charge in [0.25, 0.3) is 0 Å². The summed E-state index contributed by atoms with van der Waals surface area (Å²) in [4.78, 5) is 39.4. The summed E-state index contributed by atoms with van der Waals surface area (Å²) < 4.78 is 18.9. The van der Waals surface area contributed by atoms with Crippen molar-refractivity contribution in [2.75, 3.05) is 27.2 Å². The molecule has 1 saturated heterocycles. The van der Waals surface area contributed by atoms with Crippen LogP contribution in [0.5, 0.6) is 0 Å². The third-order valence-corrected chi connectivity index (χ3v) is 7.15. The van der Waals surface area contributed by atoms with Crippen molar-refractivity contribution in [3.8, 4) is 0 Å². The highest BCUT2D eigenvalue weighted by Gasteiger charge is 2.55. The Balaban J connectivity index is 1.36. The molecule has 0 aromatic heterocycles. The van der Waals surface area contributed by atoms with Gasteiger partial charge in [-0.05, 0) is 41.0 Å². The van der Waals surface area contributed by atoms with E-state index in [-0.39, 0.29) is 31.4 Å². The van der Waals surface area contributed by atoms with Crippen LogP contribution in [0.25, 0.3) is 6.08 Å². The Hall–Kier alpha value is -3.79. The van der Waals surface area contributed by atoms with Gasteiger partial charge in [0, 0.05) is 51.6 Å². The van der Waals surface area contributed by atoms with E-state index >= 15 is 0 Å². The maximum atomic E-state index is 13.3. The number of likely N-dealkylation sites (N-methyl/N-ethyl adjacent to an activating group) is 1. The highest BCUT2D eigenvalue weighted by atomic mass is 16.8. The third-order valence-electron chi connectivity index (χ3n) is 7.15. The van der Waals surface area contributed by atoms with Crippen LogP contribution >= 0.6 is 0 Å². The average molecular weight is 533 g/mol. The van der Waals surface area contributed by atoms with Gasteiger partial charge in [-0.2, -0.15) is 0 Å². The zero-order chi connectivity index (χ0) is 27.6. The minimum atomic E-state index is -0.888. The molecule has 9 heteroatoms. The number of nitrogens with zero attached hydrogens (tertiary/aromatic N) is 1. The number of hydrogen-bond acceptors (Lipinski definition) is 7. The number of ether oxygens (including phenoxy) is 3. The lowest BCUT2D eigenvalue weighted by Crippen LogP contribution is -2.44. The fourth-order valence-corrected chi connectivity index (χ4v) is 5.24. The molecule has 2 N–H and O–H groups in total. The maximum Gasteiger partial charge on any atom is 0.338 e. The van der Waals surface area contributed by atoms with Crippen LogP contribution in [0, 0.1) is 0 Å². The molecule has 3 atom stereocenters. The number of nitrogens with one attached hydrogen (secondary N) is 1. The number of benzene rings is 2. The zero-order valence-corrected chi connectivity index (χ0v) is 22.0. The minimum absolute atomic E-state index is 0.113. The molecule has 204 valence electrons. The lowest BCUT2D eigenvalue weighted by atomic mass is 9.91. The van der Waals surface area contributed by atoms with Gasteiger partial charge in [0.05, 0.1) is 12.2 Å². The standard InChI is InChI=1S/C30H32N2O7/c1-32(2)26(34)11-10-19-6-5-9-20(14-19)29(36)37-24-15-23(28(35)31-12-13-33)16-25-27(24)39-30(38-25)17-21-7-3-4-8-22(21)18-30/h3-11,14,16,24-25,27,33H,12-13,15,17-18H2,1-2H3,(H,31,35). The first-order valence-electron chi connectivity index (χ1n) is 13.0. The molecule has 2 aliphatic carbocycles. The number of amides is 2. The van der Waals surface area contributed by atoms with Crippen molar-refractivity contribution in [3.05, 3.63) is 88.5 Å². The van der Waals surface area contributed by atoms with E-state index in [9.17, 15) is 14.4 Å². The number of rotatable bonds is 7. The fraction of sp³-hybridized carbons (Fsp3) is 0.367. The number of hydrogen-bond donors (Lipinski definition) is 2. The molecule has 2 aromatic carbocycles. The van der Waals surface area contributed by atoms with Gasteiger partial charge < -0.3 is 29.5 Å². The van der Waals surface area contributed by atoms with Crippen molar-refractivity contribution in [2.45, 2.75) is 43.4 Å². The molecule has 3 unspecified atom stereocenters. The second-order valence-corrected chi connectivity index (χ2v) is 10.2.